The van der Waals surface area contributed by atoms with Crippen LogP contribution in [0.15, 0.2) is 30.5 Å². The second-order valence-electron chi connectivity index (χ2n) is 3.22. The van der Waals surface area contributed by atoms with Gasteiger partial charge in [0, 0.05) is 18.6 Å². The first-order chi connectivity index (χ1) is 6.20. The second kappa shape index (κ2) is 2.73. The third kappa shape index (κ3) is 1.15. The van der Waals surface area contributed by atoms with Crippen molar-refractivity contribution in [1.82, 2.24) is 4.40 Å². The number of nitrogens with zero attached hydrogens (tertiary/aromatic N) is 1. The van der Waals surface area contributed by atoms with Crippen LogP contribution >= 0.6 is 0 Å². The zero-order valence-corrected chi connectivity index (χ0v) is 7.74. The summed E-state index contributed by atoms with van der Waals surface area (Å²) in [5, 5.41) is 0. The molecule has 0 radical (unpaired) electrons. The molecule has 0 spiro atoms. The zero-order valence-electron chi connectivity index (χ0n) is 7.74. The maximum Gasteiger partial charge on any atom is 0.176 e. The smallest absolute Gasteiger partial charge is 0.176 e. The lowest BCUT2D eigenvalue weighted by Gasteiger charge is -2.05. The van der Waals surface area contributed by atoms with Crippen molar-refractivity contribution in [2.24, 2.45) is 0 Å². The molecule has 0 bridgehead atoms. The number of Topliss-reactive ketones (excluding diaryl/α,β-unsaturated/α-hetero) is 1. The number of fused-ring (bicyclic) bond motifs is 1. The van der Waals surface area contributed by atoms with Gasteiger partial charge in [0.15, 0.2) is 5.78 Å². The fourth-order valence-corrected chi connectivity index (χ4v) is 1.66. The maximum atomic E-state index is 11.4. The summed E-state index contributed by atoms with van der Waals surface area (Å²) in [6.07, 6.45) is 1.92. The molecule has 0 aliphatic carbocycles. The molecule has 0 aromatic carbocycles. The van der Waals surface area contributed by atoms with Crippen LogP contribution in [-0.2, 0) is 0 Å². The van der Waals surface area contributed by atoms with Crippen molar-refractivity contribution in [2.45, 2.75) is 13.8 Å². The fourth-order valence-electron chi connectivity index (χ4n) is 1.66. The van der Waals surface area contributed by atoms with Crippen molar-refractivity contribution in [3.63, 3.8) is 0 Å². The van der Waals surface area contributed by atoms with Gasteiger partial charge in [-0.25, -0.2) is 0 Å². The first-order valence-corrected chi connectivity index (χ1v) is 4.28. The highest BCUT2D eigenvalue weighted by Crippen LogP contribution is 2.13. The van der Waals surface area contributed by atoms with Gasteiger partial charge in [0.05, 0.1) is 5.69 Å². The van der Waals surface area contributed by atoms with Crippen LogP contribution in [0.5, 0.6) is 0 Å². The van der Waals surface area contributed by atoms with Gasteiger partial charge in [-0.1, -0.05) is 6.07 Å². The predicted octanol–water partition coefficient (Wildman–Crippen LogP) is 2.45. The first-order valence-electron chi connectivity index (χ1n) is 4.28. The molecule has 0 N–H and O–H groups in total. The van der Waals surface area contributed by atoms with Gasteiger partial charge in [0.2, 0.25) is 0 Å². The highest BCUT2D eigenvalue weighted by molar-refractivity contribution is 5.94. The van der Waals surface area contributed by atoms with E-state index in [0.717, 1.165) is 16.8 Å². The van der Waals surface area contributed by atoms with E-state index >= 15 is 0 Å². The number of hydrogen-bond donors (Lipinski definition) is 0. The maximum absolute atomic E-state index is 11.4. The van der Waals surface area contributed by atoms with E-state index < -0.39 is 0 Å². The number of pyridine rings is 1. The first kappa shape index (κ1) is 8.05. The van der Waals surface area contributed by atoms with Gasteiger partial charge in [-0.15, -0.1) is 0 Å². The number of aryl methyl sites for hydroxylation is 1. The van der Waals surface area contributed by atoms with Gasteiger partial charge in [0.1, 0.15) is 0 Å². The van der Waals surface area contributed by atoms with Gasteiger partial charge in [-0.05, 0) is 30.7 Å². The van der Waals surface area contributed by atoms with Crippen molar-refractivity contribution < 1.29 is 4.79 Å². The third-order valence-electron chi connectivity index (χ3n) is 2.23. The third-order valence-corrected chi connectivity index (χ3v) is 2.23. The van der Waals surface area contributed by atoms with Gasteiger partial charge in [0.25, 0.3) is 0 Å². The molecule has 2 heteroatoms. The van der Waals surface area contributed by atoms with E-state index in [4.69, 9.17) is 0 Å². The lowest BCUT2D eigenvalue weighted by Crippen LogP contribution is -2.03. The summed E-state index contributed by atoms with van der Waals surface area (Å²) >= 11 is 0. The topological polar surface area (TPSA) is 21.5 Å². The molecule has 0 saturated heterocycles. The van der Waals surface area contributed by atoms with E-state index in [0.29, 0.717) is 0 Å². The minimum absolute atomic E-state index is 0.110. The Labute approximate surface area is 76.8 Å². The quantitative estimate of drug-likeness (QED) is 0.607. The van der Waals surface area contributed by atoms with Crippen molar-refractivity contribution in [3.05, 3.63) is 41.7 Å². The molecule has 2 aromatic heterocycles. The Kier molecular flexibility index (Phi) is 1.69. The molecule has 2 nitrogen and oxygen atoms in total. The summed E-state index contributed by atoms with van der Waals surface area (Å²) in [5.74, 6) is 0.110. The minimum atomic E-state index is 0.110. The van der Waals surface area contributed by atoms with E-state index in [1.54, 1.807) is 6.92 Å². The molecule has 0 saturated carbocycles. The number of carbonyl (C=O) groups is 1. The fraction of sp³-hybridized carbons (Fsp3) is 0.182. The van der Waals surface area contributed by atoms with E-state index in [-0.39, 0.29) is 5.78 Å². The van der Waals surface area contributed by atoms with Crippen molar-refractivity contribution in [1.29, 1.82) is 0 Å². The van der Waals surface area contributed by atoms with Crippen LogP contribution in [0.2, 0.25) is 0 Å². The molecule has 0 aliphatic rings. The van der Waals surface area contributed by atoms with E-state index in [1.807, 2.05) is 41.8 Å². The number of ketones is 1. The monoisotopic (exact) mass is 173 g/mol. The number of rotatable bonds is 1. The molecule has 0 fully saturated rings. The Bertz CT molecular complexity index is 468. The highest BCUT2D eigenvalue weighted by Gasteiger charge is 2.07. The average molecular weight is 173 g/mol. The van der Waals surface area contributed by atoms with Crippen LogP contribution in [0.4, 0.5) is 0 Å². The molecule has 13 heavy (non-hydrogen) atoms. The van der Waals surface area contributed by atoms with Crippen LogP contribution in [-0.4, -0.2) is 10.2 Å². The standard InChI is InChI=1S/C11H11NO/c1-8-5-6-10-4-3-7-12(10)11(8)9(2)13/h3-7H,1-2H3. The van der Waals surface area contributed by atoms with Crippen molar-refractivity contribution in [3.8, 4) is 0 Å². The normalized spacial score (nSPS) is 10.6. The summed E-state index contributed by atoms with van der Waals surface area (Å²) < 4.78 is 1.93. The Hall–Kier alpha value is -1.57. The van der Waals surface area contributed by atoms with E-state index in [2.05, 4.69) is 0 Å². The zero-order chi connectivity index (χ0) is 9.42. The highest BCUT2D eigenvalue weighted by atomic mass is 16.1. The van der Waals surface area contributed by atoms with Crippen molar-refractivity contribution in [2.75, 3.05) is 0 Å². The predicted molar refractivity (Wildman–Crippen MR) is 52.1 cm³/mol. The second-order valence-corrected chi connectivity index (χ2v) is 3.22. The molecule has 0 unspecified atom stereocenters. The lowest BCUT2D eigenvalue weighted by molar-refractivity contribution is 0.101. The van der Waals surface area contributed by atoms with Crippen LogP contribution in [0.3, 0.4) is 0 Å². The molecule has 0 atom stereocenters. The Morgan fingerprint density at radius 3 is 2.77 bits per heavy atom. The number of aromatic nitrogens is 1. The van der Waals surface area contributed by atoms with E-state index in [9.17, 15) is 4.79 Å². The van der Waals surface area contributed by atoms with Crippen LogP contribution in [0.25, 0.3) is 5.52 Å². The Balaban J connectivity index is 2.88. The lowest BCUT2D eigenvalue weighted by atomic mass is 10.1. The van der Waals surface area contributed by atoms with Gasteiger partial charge in [-0.2, -0.15) is 0 Å². The van der Waals surface area contributed by atoms with Gasteiger partial charge >= 0.3 is 0 Å². The average Bonchev–Trinajstić information content (AvgIpc) is 2.50. The molecule has 2 rings (SSSR count). The van der Waals surface area contributed by atoms with E-state index in [1.165, 1.54) is 0 Å². The summed E-state index contributed by atoms with van der Waals surface area (Å²) in [6.45, 7) is 3.55. The molecular weight excluding hydrogens is 162 g/mol. The molecule has 66 valence electrons. The summed E-state index contributed by atoms with van der Waals surface area (Å²) in [5.41, 5.74) is 2.87. The Morgan fingerprint density at radius 2 is 2.08 bits per heavy atom. The summed E-state index contributed by atoms with van der Waals surface area (Å²) in [6, 6.07) is 7.93. The molecule has 0 amide bonds. The molecular formula is C11H11NO. The van der Waals surface area contributed by atoms with Crippen LogP contribution < -0.4 is 0 Å². The van der Waals surface area contributed by atoms with Crippen molar-refractivity contribution >= 4 is 11.3 Å². The number of carbonyl (C=O) groups excluding carboxylic acids is 1. The van der Waals surface area contributed by atoms with Gasteiger partial charge in [-0.3, -0.25) is 4.79 Å². The SMILES string of the molecule is CC(=O)c1c(C)ccc2cccn12. The number of hydrogen-bond acceptors (Lipinski definition) is 1. The largest absolute Gasteiger partial charge is 0.314 e. The molecule has 0 aliphatic heterocycles. The minimum Gasteiger partial charge on any atom is -0.314 e. The van der Waals surface area contributed by atoms with Crippen LogP contribution in [0, 0.1) is 6.92 Å². The summed E-state index contributed by atoms with van der Waals surface area (Å²) in [4.78, 5) is 11.4. The van der Waals surface area contributed by atoms with Crippen LogP contribution in [0.1, 0.15) is 23.0 Å². The van der Waals surface area contributed by atoms with Gasteiger partial charge < -0.3 is 4.40 Å². The molecule has 2 heterocycles. The summed E-state index contributed by atoms with van der Waals surface area (Å²) in [7, 11) is 0. The molecule has 2 aromatic rings. The Morgan fingerprint density at radius 1 is 1.31 bits per heavy atom.